The van der Waals surface area contributed by atoms with Crippen LogP contribution in [0.15, 0.2) is 40.0 Å². The van der Waals surface area contributed by atoms with Gasteiger partial charge in [0, 0.05) is 5.75 Å². The molecule has 0 aliphatic carbocycles. The van der Waals surface area contributed by atoms with Crippen molar-refractivity contribution in [1.29, 1.82) is 0 Å². The first-order chi connectivity index (χ1) is 7.88. The average molecular weight is 235 g/mol. The van der Waals surface area contributed by atoms with E-state index in [0.29, 0.717) is 17.7 Å². The van der Waals surface area contributed by atoms with Crippen molar-refractivity contribution in [2.24, 2.45) is 5.73 Å². The third kappa shape index (κ3) is 3.08. The molecule has 0 aliphatic rings. The van der Waals surface area contributed by atoms with Crippen LogP contribution in [-0.4, -0.2) is 16.0 Å². The third-order valence-electron chi connectivity index (χ3n) is 2.08. The molecule has 2 N–H and O–H groups in total. The zero-order valence-electron chi connectivity index (χ0n) is 8.80. The summed E-state index contributed by atoms with van der Waals surface area (Å²) in [5.74, 6) is 1.41. The van der Waals surface area contributed by atoms with Crippen molar-refractivity contribution < 1.29 is 4.42 Å². The number of thioether (sulfide) groups is 1. The van der Waals surface area contributed by atoms with Gasteiger partial charge in [0.2, 0.25) is 5.89 Å². The highest BCUT2D eigenvalue weighted by atomic mass is 32.2. The van der Waals surface area contributed by atoms with Crippen LogP contribution in [0.3, 0.4) is 0 Å². The van der Waals surface area contributed by atoms with Crippen molar-refractivity contribution in [1.82, 2.24) is 10.2 Å². The van der Waals surface area contributed by atoms with E-state index in [2.05, 4.69) is 22.3 Å². The van der Waals surface area contributed by atoms with E-state index in [9.17, 15) is 0 Å². The Morgan fingerprint density at radius 2 is 2.00 bits per heavy atom. The van der Waals surface area contributed by atoms with E-state index in [4.69, 9.17) is 10.2 Å². The maximum atomic E-state index is 5.38. The van der Waals surface area contributed by atoms with Crippen LogP contribution in [0.2, 0.25) is 0 Å². The van der Waals surface area contributed by atoms with Gasteiger partial charge in [-0.2, -0.15) is 0 Å². The van der Waals surface area contributed by atoms with Crippen molar-refractivity contribution in [3.8, 4) is 0 Å². The molecule has 0 unspecified atom stereocenters. The van der Waals surface area contributed by atoms with E-state index in [1.165, 1.54) is 5.56 Å². The smallest absolute Gasteiger partial charge is 0.276 e. The highest BCUT2D eigenvalue weighted by Gasteiger charge is 2.04. The lowest BCUT2D eigenvalue weighted by molar-refractivity contribution is 0.415. The summed E-state index contributed by atoms with van der Waals surface area (Å²) in [5, 5.41) is 8.28. The lowest BCUT2D eigenvalue weighted by Crippen LogP contribution is -1.95. The van der Waals surface area contributed by atoms with Crippen LogP contribution >= 0.6 is 11.8 Å². The maximum Gasteiger partial charge on any atom is 0.276 e. The van der Waals surface area contributed by atoms with Crippen LogP contribution in [0, 0.1) is 0 Å². The maximum absolute atomic E-state index is 5.38. The molecule has 0 atom stereocenters. The quantitative estimate of drug-likeness (QED) is 0.801. The molecule has 0 saturated heterocycles. The second kappa shape index (κ2) is 5.67. The topological polar surface area (TPSA) is 64.9 Å². The number of hydrogen-bond acceptors (Lipinski definition) is 5. The third-order valence-corrected chi connectivity index (χ3v) is 2.90. The molecule has 4 nitrogen and oxygen atoms in total. The van der Waals surface area contributed by atoms with E-state index in [-0.39, 0.29) is 0 Å². The monoisotopic (exact) mass is 235 g/mol. The number of rotatable bonds is 5. The Morgan fingerprint density at radius 3 is 2.69 bits per heavy atom. The lowest BCUT2D eigenvalue weighted by Gasteiger charge is -1.97. The Bertz CT molecular complexity index is 430. The molecule has 0 fully saturated rings. The van der Waals surface area contributed by atoms with Crippen LogP contribution in [0.4, 0.5) is 0 Å². The molecule has 1 aromatic carbocycles. The first-order valence-corrected chi connectivity index (χ1v) is 6.06. The molecular formula is C11H13N3OS. The SMILES string of the molecule is NCc1nnc(SCCc2ccccc2)o1. The molecule has 0 amide bonds. The number of nitrogens with zero attached hydrogens (tertiary/aromatic N) is 2. The first-order valence-electron chi connectivity index (χ1n) is 5.07. The molecule has 84 valence electrons. The molecule has 1 aromatic heterocycles. The summed E-state index contributed by atoms with van der Waals surface area (Å²) in [4.78, 5) is 0. The first kappa shape index (κ1) is 11.2. The van der Waals surface area contributed by atoms with E-state index >= 15 is 0 Å². The normalized spacial score (nSPS) is 10.6. The number of benzene rings is 1. The number of aryl methyl sites for hydroxylation is 1. The largest absolute Gasteiger partial charge is 0.415 e. The fourth-order valence-corrected chi connectivity index (χ4v) is 2.05. The van der Waals surface area contributed by atoms with Gasteiger partial charge in [-0.1, -0.05) is 42.1 Å². The molecule has 0 spiro atoms. The standard InChI is InChI=1S/C11H13N3OS/c12-8-10-13-14-11(15-10)16-7-6-9-4-2-1-3-5-9/h1-5H,6-8,12H2. The number of hydrogen-bond donors (Lipinski definition) is 1. The Morgan fingerprint density at radius 1 is 1.19 bits per heavy atom. The second-order valence-electron chi connectivity index (χ2n) is 3.25. The molecule has 1 heterocycles. The van der Waals surface area contributed by atoms with E-state index in [1.54, 1.807) is 11.8 Å². The Kier molecular flexibility index (Phi) is 3.96. The van der Waals surface area contributed by atoms with Gasteiger partial charge < -0.3 is 10.2 Å². The van der Waals surface area contributed by atoms with Crippen molar-refractivity contribution in [2.45, 2.75) is 18.2 Å². The van der Waals surface area contributed by atoms with Gasteiger partial charge in [0.05, 0.1) is 6.54 Å². The molecule has 5 heteroatoms. The Hall–Kier alpha value is -1.33. The summed E-state index contributed by atoms with van der Waals surface area (Å²) in [7, 11) is 0. The minimum absolute atomic E-state index is 0.298. The highest BCUT2D eigenvalue weighted by Crippen LogP contribution is 2.17. The summed E-state index contributed by atoms with van der Waals surface area (Å²) in [5.41, 5.74) is 6.69. The van der Waals surface area contributed by atoms with Crippen LogP contribution < -0.4 is 5.73 Å². The Balaban J connectivity index is 1.80. The van der Waals surface area contributed by atoms with Crippen LogP contribution in [0.25, 0.3) is 0 Å². The van der Waals surface area contributed by atoms with E-state index in [0.717, 1.165) is 12.2 Å². The van der Waals surface area contributed by atoms with Gasteiger partial charge in [-0.3, -0.25) is 0 Å². The van der Waals surface area contributed by atoms with Crippen molar-refractivity contribution in [3.05, 3.63) is 41.8 Å². The summed E-state index contributed by atoms with van der Waals surface area (Å²) < 4.78 is 5.29. The lowest BCUT2D eigenvalue weighted by atomic mass is 10.2. The summed E-state index contributed by atoms with van der Waals surface area (Å²) in [6.45, 7) is 0.298. The molecule has 0 radical (unpaired) electrons. The predicted octanol–water partition coefficient (Wildman–Crippen LogP) is 1.86. The molecule has 16 heavy (non-hydrogen) atoms. The number of aromatic nitrogens is 2. The molecule has 0 saturated carbocycles. The van der Waals surface area contributed by atoms with Gasteiger partial charge in [-0.15, -0.1) is 10.2 Å². The van der Waals surface area contributed by atoms with Gasteiger partial charge in [0.15, 0.2) is 0 Å². The minimum atomic E-state index is 0.298. The van der Waals surface area contributed by atoms with Crippen molar-refractivity contribution in [3.63, 3.8) is 0 Å². The average Bonchev–Trinajstić information content (AvgIpc) is 2.78. The highest BCUT2D eigenvalue weighted by molar-refractivity contribution is 7.99. The van der Waals surface area contributed by atoms with Gasteiger partial charge in [0.25, 0.3) is 5.22 Å². The van der Waals surface area contributed by atoms with Gasteiger partial charge >= 0.3 is 0 Å². The van der Waals surface area contributed by atoms with Crippen molar-refractivity contribution in [2.75, 3.05) is 5.75 Å². The molecule has 0 bridgehead atoms. The summed E-state index contributed by atoms with van der Waals surface area (Å²) in [6.07, 6.45) is 0.992. The van der Waals surface area contributed by atoms with Crippen LogP contribution in [0.5, 0.6) is 0 Å². The van der Waals surface area contributed by atoms with Gasteiger partial charge in [-0.05, 0) is 12.0 Å². The molecule has 0 aliphatic heterocycles. The number of nitrogens with two attached hydrogens (primary N) is 1. The molecule has 2 aromatic rings. The zero-order valence-corrected chi connectivity index (χ0v) is 9.61. The fraction of sp³-hybridized carbons (Fsp3) is 0.273. The van der Waals surface area contributed by atoms with E-state index < -0.39 is 0 Å². The second-order valence-corrected chi connectivity index (χ2v) is 4.30. The summed E-state index contributed by atoms with van der Waals surface area (Å²) >= 11 is 1.56. The van der Waals surface area contributed by atoms with Gasteiger partial charge in [0.1, 0.15) is 0 Å². The molecular weight excluding hydrogens is 222 g/mol. The van der Waals surface area contributed by atoms with Crippen LogP contribution in [0.1, 0.15) is 11.5 Å². The van der Waals surface area contributed by atoms with Crippen molar-refractivity contribution >= 4 is 11.8 Å². The summed E-state index contributed by atoms with van der Waals surface area (Å²) in [6, 6.07) is 10.3. The van der Waals surface area contributed by atoms with E-state index in [1.807, 2.05) is 18.2 Å². The molecule has 2 rings (SSSR count). The predicted molar refractivity (Wildman–Crippen MR) is 63.1 cm³/mol. The van der Waals surface area contributed by atoms with Crippen LogP contribution in [-0.2, 0) is 13.0 Å². The van der Waals surface area contributed by atoms with Gasteiger partial charge in [-0.25, -0.2) is 0 Å². The minimum Gasteiger partial charge on any atom is -0.415 e. The Labute approximate surface area is 98.2 Å². The fourth-order valence-electron chi connectivity index (χ4n) is 1.28. The zero-order chi connectivity index (χ0) is 11.2.